The molecule has 29 heavy (non-hydrogen) atoms. The summed E-state index contributed by atoms with van der Waals surface area (Å²) in [6.07, 6.45) is 0. The number of carbonyl (C=O) groups is 1. The highest BCUT2D eigenvalue weighted by molar-refractivity contribution is 9.10. The van der Waals surface area contributed by atoms with E-state index in [4.69, 9.17) is 4.74 Å². The number of hydrogen-bond acceptors (Lipinski definition) is 4. The Kier molecular flexibility index (Phi) is 6.12. The molecule has 0 bridgehead atoms. The van der Waals surface area contributed by atoms with E-state index in [1.807, 2.05) is 0 Å². The lowest BCUT2D eigenvalue weighted by molar-refractivity contribution is 0.102. The van der Waals surface area contributed by atoms with Gasteiger partial charge in [-0.3, -0.25) is 4.79 Å². The standard InChI is InChI=1S/C21H18BrF2N3O2/c1-11-8-13(23)4-5-17(11)26-19-10-16(24)15(22)9-14(19)21(28)27-18-6-7-20(29-3)25-12(18)2/h4-10,26H,1-3H3,(H,27,28). The summed E-state index contributed by atoms with van der Waals surface area (Å²) in [5.74, 6) is -0.941. The fraction of sp³-hybridized carbons (Fsp3) is 0.143. The Morgan fingerprint density at radius 3 is 2.41 bits per heavy atom. The second-order valence-corrected chi connectivity index (χ2v) is 7.19. The van der Waals surface area contributed by atoms with Gasteiger partial charge in [0.1, 0.15) is 11.6 Å². The van der Waals surface area contributed by atoms with Crippen molar-refractivity contribution in [2.45, 2.75) is 13.8 Å². The zero-order chi connectivity index (χ0) is 21.1. The summed E-state index contributed by atoms with van der Waals surface area (Å²) in [6, 6.07) is 10.1. The molecule has 3 rings (SSSR count). The highest BCUT2D eigenvalue weighted by Gasteiger charge is 2.17. The monoisotopic (exact) mass is 461 g/mol. The Morgan fingerprint density at radius 2 is 1.76 bits per heavy atom. The number of nitrogens with one attached hydrogen (secondary N) is 2. The van der Waals surface area contributed by atoms with Gasteiger partial charge in [-0.05, 0) is 71.7 Å². The molecule has 0 aliphatic heterocycles. The van der Waals surface area contributed by atoms with Gasteiger partial charge in [0.05, 0.1) is 34.2 Å². The van der Waals surface area contributed by atoms with Crippen LogP contribution in [0, 0.1) is 25.5 Å². The number of pyridine rings is 1. The molecule has 0 spiro atoms. The van der Waals surface area contributed by atoms with Crippen molar-refractivity contribution < 1.29 is 18.3 Å². The fourth-order valence-electron chi connectivity index (χ4n) is 2.72. The summed E-state index contributed by atoms with van der Waals surface area (Å²) < 4.78 is 32.7. The molecule has 8 heteroatoms. The second-order valence-electron chi connectivity index (χ2n) is 6.34. The SMILES string of the molecule is COc1ccc(NC(=O)c2cc(Br)c(F)cc2Nc2ccc(F)cc2C)c(C)n1. The summed E-state index contributed by atoms with van der Waals surface area (Å²) in [4.78, 5) is 17.1. The molecule has 1 amide bonds. The van der Waals surface area contributed by atoms with Crippen LogP contribution in [0.2, 0.25) is 0 Å². The molecule has 1 aromatic heterocycles. The van der Waals surface area contributed by atoms with E-state index in [9.17, 15) is 13.6 Å². The molecule has 0 unspecified atom stereocenters. The van der Waals surface area contributed by atoms with Gasteiger partial charge < -0.3 is 15.4 Å². The maximum Gasteiger partial charge on any atom is 0.257 e. The van der Waals surface area contributed by atoms with Crippen molar-refractivity contribution in [2.24, 2.45) is 0 Å². The molecule has 0 saturated carbocycles. The zero-order valence-electron chi connectivity index (χ0n) is 15.9. The molecular formula is C21H18BrF2N3O2. The fourth-order valence-corrected chi connectivity index (χ4v) is 3.07. The van der Waals surface area contributed by atoms with Gasteiger partial charge >= 0.3 is 0 Å². The molecule has 5 nitrogen and oxygen atoms in total. The second kappa shape index (κ2) is 8.57. The topological polar surface area (TPSA) is 63.2 Å². The quantitative estimate of drug-likeness (QED) is 0.508. The first-order valence-corrected chi connectivity index (χ1v) is 9.43. The summed E-state index contributed by atoms with van der Waals surface area (Å²) in [5, 5.41) is 5.79. The number of amides is 1. The molecule has 3 aromatic rings. The van der Waals surface area contributed by atoms with Crippen LogP contribution in [0.3, 0.4) is 0 Å². The first-order chi connectivity index (χ1) is 13.8. The maximum atomic E-state index is 14.2. The van der Waals surface area contributed by atoms with Crippen LogP contribution in [0.15, 0.2) is 46.9 Å². The van der Waals surface area contributed by atoms with Crippen LogP contribution in [0.1, 0.15) is 21.6 Å². The molecule has 2 N–H and O–H groups in total. The highest BCUT2D eigenvalue weighted by atomic mass is 79.9. The molecular weight excluding hydrogens is 444 g/mol. The van der Waals surface area contributed by atoms with Crippen molar-refractivity contribution in [1.82, 2.24) is 4.98 Å². The third kappa shape index (κ3) is 4.71. The van der Waals surface area contributed by atoms with E-state index in [1.54, 1.807) is 26.0 Å². The predicted molar refractivity (Wildman–Crippen MR) is 112 cm³/mol. The molecule has 0 saturated heterocycles. The Morgan fingerprint density at radius 1 is 1.03 bits per heavy atom. The number of rotatable bonds is 5. The third-order valence-electron chi connectivity index (χ3n) is 4.28. The van der Waals surface area contributed by atoms with Crippen LogP contribution in [-0.2, 0) is 0 Å². The summed E-state index contributed by atoms with van der Waals surface area (Å²) in [5.41, 5.74) is 2.71. The zero-order valence-corrected chi connectivity index (χ0v) is 17.5. The minimum absolute atomic E-state index is 0.147. The van der Waals surface area contributed by atoms with Gasteiger partial charge in [-0.25, -0.2) is 13.8 Å². The lowest BCUT2D eigenvalue weighted by atomic mass is 10.1. The molecule has 0 aliphatic carbocycles. The van der Waals surface area contributed by atoms with Gasteiger partial charge in [0, 0.05) is 11.8 Å². The van der Waals surface area contributed by atoms with Gasteiger partial charge in [0.25, 0.3) is 5.91 Å². The van der Waals surface area contributed by atoms with Gasteiger partial charge in [0.2, 0.25) is 5.88 Å². The molecule has 1 heterocycles. The van der Waals surface area contributed by atoms with Crippen molar-refractivity contribution in [3.63, 3.8) is 0 Å². The van der Waals surface area contributed by atoms with E-state index in [-0.39, 0.29) is 21.5 Å². The van der Waals surface area contributed by atoms with Crippen molar-refractivity contribution >= 4 is 38.9 Å². The smallest absolute Gasteiger partial charge is 0.257 e. The lowest BCUT2D eigenvalue weighted by Crippen LogP contribution is -2.15. The minimum Gasteiger partial charge on any atom is -0.481 e. The number of halogens is 3. The summed E-state index contributed by atoms with van der Waals surface area (Å²) in [7, 11) is 1.51. The number of anilines is 3. The first-order valence-electron chi connectivity index (χ1n) is 8.63. The van der Waals surface area contributed by atoms with Crippen LogP contribution in [0.25, 0.3) is 0 Å². The first kappa shape index (κ1) is 20.7. The Hall–Kier alpha value is -3.00. The van der Waals surface area contributed by atoms with Crippen LogP contribution >= 0.6 is 15.9 Å². The van der Waals surface area contributed by atoms with Crippen molar-refractivity contribution in [2.75, 3.05) is 17.7 Å². The number of aryl methyl sites for hydroxylation is 2. The Labute approximate surface area is 175 Å². The Balaban J connectivity index is 1.95. The van der Waals surface area contributed by atoms with Gasteiger partial charge in [-0.2, -0.15) is 0 Å². The van der Waals surface area contributed by atoms with Crippen LogP contribution in [0.5, 0.6) is 5.88 Å². The summed E-state index contributed by atoms with van der Waals surface area (Å²) >= 11 is 3.12. The number of ether oxygens (including phenoxy) is 1. The van der Waals surface area contributed by atoms with Gasteiger partial charge in [-0.15, -0.1) is 0 Å². The lowest BCUT2D eigenvalue weighted by Gasteiger charge is -2.16. The molecule has 0 fully saturated rings. The van der Waals surface area contributed by atoms with E-state index in [1.165, 1.54) is 37.4 Å². The van der Waals surface area contributed by atoms with Crippen LogP contribution in [-0.4, -0.2) is 18.0 Å². The minimum atomic E-state index is -0.536. The summed E-state index contributed by atoms with van der Waals surface area (Å²) in [6.45, 7) is 3.45. The third-order valence-corrected chi connectivity index (χ3v) is 4.89. The molecule has 0 atom stereocenters. The number of aromatic nitrogens is 1. The van der Waals surface area contributed by atoms with E-state index in [2.05, 4.69) is 31.5 Å². The molecule has 2 aromatic carbocycles. The average molecular weight is 462 g/mol. The number of methoxy groups -OCH3 is 1. The van der Waals surface area contributed by atoms with E-state index in [0.29, 0.717) is 28.5 Å². The number of carbonyl (C=O) groups excluding carboxylic acids is 1. The van der Waals surface area contributed by atoms with E-state index >= 15 is 0 Å². The molecule has 0 aliphatic rings. The van der Waals surface area contributed by atoms with Gasteiger partial charge in [-0.1, -0.05) is 0 Å². The molecule has 0 radical (unpaired) electrons. The largest absolute Gasteiger partial charge is 0.481 e. The highest BCUT2D eigenvalue weighted by Crippen LogP contribution is 2.30. The van der Waals surface area contributed by atoms with Crippen molar-refractivity contribution in [3.05, 3.63) is 75.4 Å². The van der Waals surface area contributed by atoms with Crippen LogP contribution in [0.4, 0.5) is 25.8 Å². The molecule has 150 valence electrons. The maximum absolute atomic E-state index is 14.2. The Bertz CT molecular complexity index is 1090. The average Bonchev–Trinajstić information content (AvgIpc) is 2.68. The van der Waals surface area contributed by atoms with E-state index in [0.717, 1.165) is 0 Å². The van der Waals surface area contributed by atoms with Crippen molar-refractivity contribution in [3.8, 4) is 5.88 Å². The number of hydrogen-bond donors (Lipinski definition) is 2. The van der Waals surface area contributed by atoms with Crippen molar-refractivity contribution in [1.29, 1.82) is 0 Å². The number of nitrogens with zero attached hydrogens (tertiary/aromatic N) is 1. The number of benzene rings is 2. The van der Waals surface area contributed by atoms with E-state index < -0.39 is 11.7 Å². The van der Waals surface area contributed by atoms with Gasteiger partial charge in [0.15, 0.2) is 0 Å². The predicted octanol–water partition coefficient (Wildman–Crippen LogP) is 5.74. The normalized spacial score (nSPS) is 10.6. The van der Waals surface area contributed by atoms with Crippen LogP contribution < -0.4 is 15.4 Å².